The van der Waals surface area contributed by atoms with Crippen LogP contribution < -0.4 is 0 Å². The molecule has 9 aromatic carbocycles. The number of aromatic nitrogens is 2. The van der Waals surface area contributed by atoms with Crippen molar-refractivity contribution in [2.45, 2.75) is 19.3 Å². The van der Waals surface area contributed by atoms with Crippen LogP contribution in [-0.2, 0) is 5.41 Å². The molecular formula is C57H40N2. The summed E-state index contributed by atoms with van der Waals surface area (Å²) in [6.07, 6.45) is 0. The molecule has 0 N–H and O–H groups in total. The third-order valence-corrected chi connectivity index (χ3v) is 12.3. The van der Waals surface area contributed by atoms with Gasteiger partial charge in [-0.3, -0.25) is 0 Å². The van der Waals surface area contributed by atoms with Gasteiger partial charge in [0.25, 0.3) is 0 Å². The van der Waals surface area contributed by atoms with Gasteiger partial charge < -0.3 is 0 Å². The van der Waals surface area contributed by atoms with Crippen molar-refractivity contribution in [2.24, 2.45) is 0 Å². The average molecular weight is 753 g/mol. The van der Waals surface area contributed by atoms with Crippen molar-refractivity contribution in [3.63, 3.8) is 0 Å². The zero-order valence-electron chi connectivity index (χ0n) is 33.0. The summed E-state index contributed by atoms with van der Waals surface area (Å²) in [6.45, 7) is 4.75. The molecular weight excluding hydrogens is 713 g/mol. The van der Waals surface area contributed by atoms with E-state index in [0.29, 0.717) is 5.82 Å². The van der Waals surface area contributed by atoms with Gasteiger partial charge in [0.15, 0.2) is 5.82 Å². The zero-order valence-corrected chi connectivity index (χ0v) is 33.0. The van der Waals surface area contributed by atoms with Crippen molar-refractivity contribution in [3.05, 3.63) is 217 Å². The Morgan fingerprint density at radius 3 is 1.66 bits per heavy atom. The molecule has 59 heavy (non-hydrogen) atoms. The highest BCUT2D eigenvalue weighted by Gasteiger charge is 2.38. The average Bonchev–Trinajstić information content (AvgIpc) is 3.55. The Bertz CT molecular complexity index is 3220. The van der Waals surface area contributed by atoms with Crippen LogP contribution >= 0.6 is 0 Å². The molecule has 0 saturated carbocycles. The second-order valence-electron chi connectivity index (χ2n) is 16.1. The van der Waals surface area contributed by atoms with Gasteiger partial charge in [-0.25, -0.2) is 9.97 Å². The Labute approximate surface area is 345 Å². The smallest absolute Gasteiger partial charge is 0.161 e. The van der Waals surface area contributed by atoms with E-state index in [1.807, 2.05) is 0 Å². The first-order valence-electron chi connectivity index (χ1n) is 20.4. The normalized spacial score (nSPS) is 12.7. The molecule has 0 radical (unpaired) electrons. The molecule has 0 amide bonds. The molecule has 1 aliphatic carbocycles. The third-order valence-electron chi connectivity index (χ3n) is 12.3. The third kappa shape index (κ3) is 5.79. The van der Waals surface area contributed by atoms with Crippen LogP contribution in [0.5, 0.6) is 0 Å². The van der Waals surface area contributed by atoms with Crippen LogP contribution in [0.15, 0.2) is 206 Å². The SMILES string of the molecule is CC1(C)c2cccc(-c3ccc(-c4nc(-c5ccccc5)cc(-c5ccc(-c6ccccc6)cc5-c5ccccc5)n4)c4ccccc34)c2-c2ccc3ccccc3c21. The fraction of sp³-hybridized carbons (Fsp3) is 0.0526. The number of hydrogen-bond donors (Lipinski definition) is 0. The summed E-state index contributed by atoms with van der Waals surface area (Å²) < 4.78 is 0. The number of hydrogen-bond acceptors (Lipinski definition) is 2. The molecule has 0 spiro atoms. The van der Waals surface area contributed by atoms with E-state index in [0.717, 1.165) is 44.6 Å². The van der Waals surface area contributed by atoms with E-state index < -0.39 is 0 Å². The Morgan fingerprint density at radius 1 is 0.339 bits per heavy atom. The highest BCUT2D eigenvalue weighted by molar-refractivity contribution is 6.09. The van der Waals surface area contributed by atoms with Gasteiger partial charge in [0, 0.05) is 22.1 Å². The van der Waals surface area contributed by atoms with Gasteiger partial charge in [-0.15, -0.1) is 0 Å². The monoisotopic (exact) mass is 752 g/mol. The van der Waals surface area contributed by atoms with E-state index in [1.54, 1.807) is 0 Å². The molecule has 278 valence electrons. The molecule has 0 unspecified atom stereocenters. The molecule has 10 aromatic rings. The van der Waals surface area contributed by atoms with Gasteiger partial charge in [-0.1, -0.05) is 202 Å². The Hall–Kier alpha value is -7.42. The molecule has 2 heteroatoms. The summed E-state index contributed by atoms with van der Waals surface area (Å²) >= 11 is 0. The van der Waals surface area contributed by atoms with Gasteiger partial charge >= 0.3 is 0 Å². The lowest BCUT2D eigenvalue weighted by Crippen LogP contribution is -2.15. The van der Waals surface area contributed by atoms with Gasteiger partial charge in [-0.05, 0) is 95.4 Å². The maximum absolute atomic E-state index is 5.46. The van der Waals surface area contributed by atoms with Gasteiger partial charge in [0.2, 0.25) is 0 Å². The summed E-state index contributed by atoms with van der Waals surface area (Å²) in [4.78, 5) is 10.8. The van der Waals surface area contributed by atoms with Crippen LogP contribution in [0.25, 0.3) is 100.0 Å². The first-order chi connectivity index (χ1) is 29.0. The van der Waals surface area contributed by atoms with Crippen molar-refractivity contribution >= 4 is 21.5 Å². The fourth-order valence-electron chi connectivity index (χ4n) is 9.50. The maximum Gasteiger partial charge on any atom is 0.161 e. The Kier molecular flexibility index (Phi) is 8.20. The van der Waals surface area contributed by atoms with Gasteiger partial charge in [-0.2, -0.15) is 0 Å². The highest BCUT2D eigenvalue weighted by Crippen LogP contribution is 2.55. The van der Waals surface area contributed by atoms with E-state index in [4.69, 9.17) is 9.97 Å². The minimum atomic E-state index is -0.142. The number of rotatable bonds is 6. The fourth-order valence-corrected chi connectivity index (χ4v) is 9.50. The summed E-state index contributed by atoms with van der Waals surface area (Å²) in [5, 5.41) is 4.91. The largest absolute Gasteiger partial charge is 0.228 e. The first-order valence-corrected chi connectivity index (χ1v) is 20.4. The second-order valence-corrected chi connectivity index (χ2v) is 16.1. The Morgan fingerprint density at radius 2 is 0.915 bits per heavy atom. The van der Waals surface area contributed by atoms with Crippen molar-refractivity contribution in [3.8, 4) is 78.4 Å². The predicted octanol–water partition coefficient (Wildman–Crippen LogP) is 15.1. The molecule has 1 aliphatic rings. The van der Waals surface area contributed by atoms with Gasteiger partial charge in [0.1, 0.15) is 0 Å². The van der Waals surface area contributed by atoms with Crippen molar-refractivity contribution in [2.75, 3.05) is 0 Å². The molecule has 0 saturated heterocycles. The van der Waals surface area contributed by atoms with Crippen LogP contribution in [0.2, 0.25) is 0 Å². The lowest BCUT2D eigenvalue weighted by atomic mass is 9.80. The van der Waals surface area contributed by atoms with Crippen LogP contribution in [0, 0.1) is 0 Å². The maximum atomic E-state index is 5.46. The molecule has 11 rings (SSSR count). The highest BCUT2D eigenvalue weighted by atomic mass is 14.9. The van der Waals surface area contributed by atoms with Crippen LogP contribution in [-0.4, -0.2) is 9.97 Å². The van der Waals surface area contributed by atoms with E-state index in [9.17, 15) is 0 Å². The summed E-state index contributed by atoms with van der Waals surface area (Å²) in [5.41, 5.74) is 17.2. The lowest BCUT2D eigenvalue weighted by Gasteiger charge is -2.23. The van der Waals surface area contributed by atoms with Crippen LogP contribution in [0.3, 0.4) is 0 Å². The molecule has 0 fully saturated rings. The molecule has 0 atom stereocenters. The summed E-state index contributed by atoms with van der Waals surface area (Å²) in [6, 6.07) is 74.2. The lowest BCUT2D eigenvalue weighted by molar-refractivity contribution is 0.666. The molecule has 0 bridgehead atoms. The minimum Gasteiger partial charge on any atom is -0.228 e. The standard InChI is InChI=1S/C57H40N2/c1-57(2)51-28-16-27-47(54(51)49-32-29-39-21-12-13-24-42(39)55(49)57)45-33-34-48(44-26-15-14-25-43(44)45)56-58-52(40-22-10-5-11-23-40)36-53(59-56)46-31-30-41(37-17-6-3-7-18-37)35-50(46)38-19-8-4-9-20-38/h3-36H,1-2H3. The Balaban J connectivity index is 1.12. The number of benzene rings is 9. The number of nitrogens with zero attached hydrogens (tertiary/aromatic N) is 2. The zero-order chi connectivity index (χ0) is 39.5. The molecule has 1 heterocycles. The van der Waals surface area contributed by atoms with E-state index in [2.05, 4.69) is 220 Å². The second kappa shape index (κ2) is 13.9. The molecule has 0 aliphatic heterocycles. The minimum absolute atomic E-state index is 0.142. The number of fused-ring (bicyclic) bond motifs is 6. The first kappa shape index (κ1) is 34.8. The van der Waals surface area contributed by atoms with Crippen molar-refractivity contribution < 1.29 is 0 Å². The van der Waals surface area contributed by atoms with Gasteiger partial charge in [0.05, 0.1) is 11.4 Å². The van der Waals surface area contributed by atoms with E-state index >= 15 is 0 Å². The van der Waals surface area contributed by atoms with E-state index in [-0.39, 0.29) is 5.41 Å². The molecule has 1 aromatic heterocycles. The topological polar surface area (TPSA) is 25.8 Å². The van der Waals surface area contributed by atoms with E-state index in [1.165, 1.54) is 60.7 Å². The quantitative estimate of drug-likeness (QED) is 0.169. The molecule has 2 nitrogen and oxygen atoms in total. The van der Waals surface area contributed by atoms with Crippen molar-refractivity contribution in [1.29, 1.82) is 0 Å². The van der Waals surface area contributed by atoms with Crippen molar-refractivity contribution in [1.82, 2.24) is 9.97 Å². The predicted molar refractivity (Wildman–Crippen MR) is 247 cm³/mol. The van der Waals surface area contributed by atoms with Crippen LogP contribution in [0.4, 0.5) is 0 Å². The van der Waals surface area contributed by atoms with Crippen LogP contribution in [0.1, 0.15) is 25.0 Å². The summed E-state index contributed by atoms with van der Waals surface area (Å²) in [5.74, 6) is 0.700. The summed E-state index contributed by atoms with van der Waals surface area (Å²) in [7, 11) is 0.